The lowest BCUT2D eigenvalue weighted by atomic mass is 9.99. The van der Waals surface area contributed by atoms with Crippen molar-refractivity contribution >= 4 is 15.9 Å². The van der Waals surface area contributed by atoms with Crippen LogP contribution in [0.15, 0.2) is 17.0 Å². The van der Waals surface area contributed by atoms with Gasteiger partial charge in [0.05, 0.1) is 10.8 Å². The Balaban J connectivity index is 2.31. The molecule has 0 unspecified atom stereocenters. The van der Waals surface area contributed by atoms with Gasteiger partial charge in [0.2, 0.25) is 15.9 Å². The summed E-state index contributed by atoms with van der Waals surface area (Å²) in [6.45, 7) is 8.80. The molecule has 23 heavy (non-hydrogen) atoms. The number of sulfonamides is 1. The highest BCUT2D eigenvalue weighted by Gasteiger charge is 2.34. The van der Waals surface area contributed by atoms with E-state index in [1.807, 2.05) is 39.8 Å². The molecule has 1 aliphatic heterocycles. The summed E-state index contributed by atoms with van der Waals surface area (Å²) in [4.78, 5) is 12.4. The number of hydrogen-bond acceptors (Lipinski definition) is 3. The fraction of sp³-hybridized carbons (Fsp3) is 0.588. The summed E-state index contributed by atoms with van der Waals surface area (Å²) in [5.41, 5.74) is 2.59. The zero-order valence-electron chi connectivity index (χ0n) is 14.3. The summed E-state index contributed by atoms with van der Waals surface area (Å²) in [7, 11) is -3.57. The minimum Gasteiger partial charge on any atom is -0.356 e. The van der Waals surface area contributed by atoms with Crippen LogP contribution in [0.5, 0.6) is 0 Å². The molecule has 1 heterocycles. The first-order chi connectivity index (χ1) is 10.8. The molecule has 1 fully saturated rings. The molecular formula is C17H26N2O3S. The van der Waals surface area contributed by atoms with Crippen LogP contribution in [0.3, 0.4) is 0 Å². The first-order valence-electron chi connectivity index (χ1n) is 8.13. The number of nitrogens with one attached hydrogen (secondary N) is 1. The van der Waals surface area contributed by atoms with Gasteiger partial charge in [-0.15, -0.1) is 0 Å². The zero-order chi connectivity index (χ0) is 17.2. The van der Waals surface area contributed by atoms with E-state index in [1.165, 1.54) is 4.31 Å². The van der Waals surface area contributed by atoms with Gasteiger partial charge in [0.15, 0.2) is 0 Å². The Bertz CT molecular complexity index is 675. The number of rotatable bonds is 4. The van der Waals surface area contributed by atoms with Gasteiger partial charge < -0.3 is 5.32 Å². The van der Waals surface area contributed by atoms with Gasteiger partial charge in [0, 0.05) is 19.6 Å². The molecule has 5 nitrogen and oxygen atoms in total. The molecule has 0 saturated carbocycles. The van der Waals surface area contributed by atoms with E-state index in [1.54, 1.807) is 0 Å². The minimum absolute atomic E-state index is 0.0512. The molecule has 1 N–H and O–H groups in total. The van der Waals surface area contributed by atoms with Crippen molar-refractivity contribution in [1.29, 1.82) is 0 Å². The number of carbonyl (C=O) groups excluding carboxylic acids is 1. The highest BCUT2D eigenvalue weighted by atomic mass is 32.2. The van der Waals surface area contributed by atoms with Gasteiger partial charge in [-0.2, -0.15) is 4.31 Å². The van der Waals surface area contributed by atoms with E-state index in [0.717, 1.165) is 23.1 Å². The Labute approximate surface area is 139 Å². The molecule has 1 saturated heterocycles. The van der Waals surface area contributed by atoms with Crippen LogP contribution in [0, 0.1) is 26.7 Å². The molecule has 0 aromatic heterocycles. The van der Waals surface area contributed by atoms with Crippen LogP contribution in [0.2, 0.25) is 0 Å². The van der Waals surface area contributed by atoms with Gasteiger partial charge in [0.1, 0.15) is 0 Å². The second-order valence-corrected chi connectivity index (χ2v) is 8.20. The average Bonchev–Trinajstić information content (AvgIpc) is 2.46. The third kappa shape index (κ3) is 3.75. The van der Waals surface area contributed by atoms with Crippen molar-refractivity contribution in [3.8, 4) is 0 Å². The number of hydrogen-bond donors (Lipinski definition) is 1. The molecule has 1 amide bonds. The summed E-state index contributed by atoms with van der Waals surface area (Å²) in [5, 5.41) is 2.80. The van der Waals surface area contributed by atoms with Crippen molar-refractivity contribution in [3.63, 3.8) is 0 Å². The maximum atomic E-state index is 13.1. The number of piperidine rings is 1. The predicted molar refractivity (Wildman–Crippen MR) is 90.8 cm³/mol. The van der Waals surface area contributed by atoms with Crippen LogP contribution in [-0.4, -0.2) is 38.3 Å². The number of nitrogens with zero attached hydrogens (tertiary/aromatic N) is 1. The van der Waals surface area contributed by atoms with Gasteiger partial charge in [-0.25, -0.2) is 8.42 Å². The Kier molecular flexibility index (Phi) is 5.47. The van der Waals surface area contributed by atoms with E-state index in [2.05, 4.69) is 5.32 Å². The highest BCUT2D eigenvalue weighted by molar-refractivity contribution is 7.89. The van der Waals surface area contributed by atoms with Gasteiger partial charge >= 0.3 is 0 Å². The van der Waals surface area contributed by atoms with Crippen molar-refractivity contribution in [1.82, 2.24) is 9.62 Å². The first kappa shape index (κ1) is 17.9. The predicted octanol–water partition coefficient (Wildman–Crippen LogP) is 2.15. The van der Waals surface area contributed by atoms with Gasteiger partial charge in [-0.1, -0.05) is 17.7 Å². The Morgan fingerprint density at radius 3 is 2.43 bits per heavy atom. The van der Waals surface area contributed by atoms with Crippen molar-refractivity contribution in [2.75, 3.05) is 19.6 Å². The molecule has 1 aliphatic rings. The Morgan fingerprint density at radius 1 is 1.26 bits per heavy atom. The van der Waals surface area contributed by atoms with Crippen molar-refractivity contribution in [2.45, 2.75) is 45.4 Å². The standard InChI is InChI=1S/C17H26N2O3S/c1-5-18-17(20)15-7-6-8-19(11-15)23(21,22)16-13(3)9-12(2)10-14(16)4/h9-10,15H,5-8,11H2,1-4H3,(H,18,20)/t15-/m0/s1. The van der Waals surface area contributed by atoms with Crippen LogP contribution in [-0.2, 0) is 14.8 Å². The maximum absolute atomic E-state index is 13.1. The monoisotopic (exact) mass is 338 g/mol. The molecule has 1 aromatic rings. The number of amides is 1. The summed E-state index contributed by atoms with van der Waals surface area (Å²) < 4.78 is 27.6. The molecule has 0 bridgehead atoms. The Morgan fingerprint density at radius 2 is 1.87 bits per heavy atom. The van der Waals surface area contributed by atoms with Crippen molar-refractivity contribution < 1.29 is 13.2 Å². The molecule has 2 rings (SSSR count). The lowest BCUT2D eigenvalue weighted by molar-refractivity contribution is -0.125. The molecule has 1 atom stereocenters. The van der Waals surface area contributed by atoms with E-state index in [0.29, 0.717) is 24.4 Å². The van der Waals surface area contributed by atoms with Gasteiger partial charge in [-0.3, -0.25) is 4.79 Å². The number of aryl methyl sites for hydroxylation is 3. The number of carbonyl (C=O) groups is 1. The molecule has 0 aliphatic carbocycles. The van der Waals surface area contributed by atoms with Crippen LogP contribution in [0.4, 0.5) is 0 Å². The quantitative estimate of drug-likeness (QED) is 0.915. The van der Waals surface area contributed by atoms with E-state index in [-0.39, 0.29) is 18.4 Å². The summed E-state index contributed by atoms with van der Waals surface area (Å²) in [6.07, 6.45) is 1.45. The van der Waals surface area contributed by atoms with Crippen LogP contribution < -0.4 is 5.32 Å². The normalized spacial score (nSPS) is 19.6. The van der Waals surface area contributed by atoms with Crippen molar-refractivity contribution in [2.24, 2.45) is 5.92 Å². The fourth-order valence-electron chi connectivity index (χ4n) is 3.40. The average molecular weight is 338 g/mol. The summed E-state index contributed by atoms with van der Waals surface area (Å²) >= 11 is 0. The van der Waals surface area contributed by atoms with E-state index >= 15 is 0 Å². The molecule has 6 heteroatoms. The third-order valence-electron chi connectivity index (χ3n) is 4.31. The smallest absolute Gasteiger partial charge is 0.243 e. The van der Waals surface area contributed by atoms with Crippen LogP contribution >= 0.6 is 0 Å². The molecular weight excluding hydrogens is 312 g/mol. The molecule has 128 valence electrons. The number of benzene rings is 1. The van der Waals surface area contributed by atoms with Crippen LogP contribution in [0.1, 0.15) is 36.5 Å². The molecule has 0 spiro atoms. The third-order valence-corrected chi connectivity index (χ3v) is 6.48. The van der Waals surface area contributed by atoms with Crippen LogP contribution in [0.25, 0.3) is 0 Å². The summed E-state index contributed by atoms with van der Waals surface area (Å²) in [6, 6.07) is 3.79. The second kappa shape index (κ2) is 7.01. The highest BCUT2D eigenvalue weighted by Crippen LogP contribution is 2.28. The molecule has 1 aromatic carbocycles. The maximum Gasteiger partial charge on any atom is 0.243 e. The van der Waals surface area contributed by atoms with Crippen molar-refractivity contribution in [3.05, 3.63) is 28.8 Å². The second-order valence-electron chi connectivity index (χ2n) is 6.32. The first-order valence-corrected chi connectivity index (χ1v) is 9.57. The Hall–Kier alpha value is -1.40. The zero-order valence-corrected chi connectivity index (χ0v) is 15.2. The van der Waals surface area contributed by atoms with Gasteiger partial charge in [-0.05, 0) is 51.7 Å². The van der Waals surface area contributed by atoms with Gasteiger partial charge in [0.25, 0.3) is 0 Å². The minimum atomic E-state index is -3.57. The summed E-state index contributed by atoms with van der Waals surface area (Å²) in [5.74, 6) is -0.311. The largest absolute Gasteiger partial charge is 0.356 e. The van der Waals surface area contributed by atoms with E-state index in [9.17, 15) is 13.2 Å². The fourth-order valence-corrected chi connectivity index (χ4v) is 5.33. The lowest BCUT2D eigenvalue weighted by Crippen LogP contribution is -2.45. The van der Waals surface area contributed by atoms with E-state index < -0.39 is 10.0 Å². The molecule has 0 radical (unpaired) electrons. The lowest BCUT2D eigenvalue weighted by Gasteiger charge is -2.32. The topological polar surface area (TPSA) is 66.5 Å². The van der Waals surface area contributed by atoms with E-state index in [4.69, 9.17) is 0 Å². The SMILES string of the molecule is CCNC(=O)[C@H]1CCCN(S(=O)(=O)c2c(C)cc(C)cc2C)C1.